The zero-order chi connectivity index (χ0) is 23.8. The molecule has 4 aromatic heterocycles. The van der Waals surface area contributed by atoms with Gasteiger partial charge in [0, 0.05) is 55.0 Å². The van der Waals surface area contributed by atoms with Crippen molar-refractivity contribution in [3.05, 3.63) is 66.4 Å². The number of nitrogens with zero attached hydrogens (tertiary/aromatic N) is 5. The Balaban J connectivity index is 1.13. The van der Waals surface area contributed by atoms with Gasteiger partial charge in [0.2, 0.25) is 5.76 Å². The Morgan fingerprint density at radius 2 is 2.23 bits per heavy atom. The summed E-state index contributed by atoms with van der Waals surface area (Å²) in [7, 11) is 2.06. The molecule has 0 radical (unpaired) electrons. The first-order valence-corrected chi connectivity index (χ1v) is 12.3. The highest BCUT2D eigenvalue weighted by Crippen LogP contribution is 2.33. The Labute approximate surface area is 204 Å². The molecule has 1 unspecified atom stereocenters. The quantitative estimate of drug-likeness (QED) is 0.317. The molecule has 0 spiro atoms. The van der Waals surface area contributed by atoms with Crippen molar-refractivity contribution in [3.63, 3.8) is 0 Å². The van der Waals surface area contributed by atoms with Crippen molar-refractivity contribution in [2.24, 2.45) is 0 Å². The van der Waals surface area contributed by atoms with E-state index in [4.69, 9.17) is 13.7 Å². The largest absolute Gasteiger partial charge is 0.464 e. The number of rotatable bonds is 7. The van der Waals surface area contributed by atoms with Gasteiger partial charge in [-0.15, -0.1) is 0 Å². The number of hydrogen-bond acceptors (Lipinski definition) is 9. The molecule has 0 bridgehead atoms. The lowest BCUT2D eigenvalue weighted by Crippen LogP contribution is -2.42. The van der Waals surface area contributed by atoms with Crippen molar-refractivity contribution in [1.82, 2.24) is 24.9 Å². The Kier molecular flexibility index (Phi) is 5.67. The van der Waals surface area contributed by atoms with Gasteiger partial charge in [0.25, 0.3) is 11.1 Å². The molecule has 0 aliphatic carbocycles. The molecule has 0 saturated carbocycles. The molecule has 6 rings (SSSR count). The number of hydrogen-bond donors (Lipinski definition) is 0. The van der Waals surface area contributed by atoms with Crippen LogP contribution in [0, 0.1) is 0 Å². The zero-order valence-corrected chi connectivity index (χ0v) is 19.9. The van der Waals surface area contributed by atoms with Crippen molar-refractivity contribution >= 4 is 38.6 Å². The third-order valence-electron chi connectivity index (χ3n) is 6.23. The molecule has 1 aliphatic heterocycles. The molecule has 0 N–H and O–H groups in total. The minimum absolute atomic E-state index is 0.0939. The van der Waals surface area contributed by atoms with Crippen molar-refractivity contribution in [2.45, 2.75) is 25.4 Å². The fourth-order valence-electron chi connectivity index (χ4n) is 4.62. The summed E-state index contributed by atoms with van der Waals surface area (Å²) in [6, 6.07) is 11.4. The van der Waals surface area contributed by atoms with E-state index in [1.807, 2.05) is 35.2 Å². The topological polar surface area (TPSA) is 97.7 Å². The second-order valence-corrected chi connectivity index (χ2v) is 9.69. The predicted octanol–water partition coefficient (Wildman–Crippen LogP) is 4.95. The first-order chi connectivity index (χ1) is 17.1. The number of ether oxygens (including phenoxy) is 1. The minimum atomic E-state index is -0.0939. The van der Waals surface area contributed by atoms with Gasteiger partial charge in [0.1, 0.15) is 11.3 Å². The second-order valence-electron chi connectivity index (χ2n) is 8.69. The molecule has 9 nitrogen and oxygen atoms in total. The monoisotopic (exact) mass is 489 g/mol. The van der Waals surface area contributed by atoms with Crippen LogP contribution in [0.5, 0.6) is 10.9 Å². The standard InChI is InChI=1S/C25H23N5O4S/c1-29(14-17-4-3-11-30(17)24(31)20-8-10-27-34-20)13-16-15-32-21-12-18(6-7-19(16)21)33-25-28-23-22(35-25)5-2-9-26-23/h2,5-10,12,15,17H,3-4,11,13-14H2,1H3. The summed E-state index contributed by atoms with van der Waals surface area (Å²) < 4.78 is 17.9. The van der Waals surface area contributed by atoms with Crippen molar-refractivity contribution < 1.29 is 18.5 Å². The number of benzene rings is 1. The molecule has 35 heavy (non-hydrogen) atoms. The summed E-state index contributed by atoms with van der Waals surface area (Å²) in [6.07, 6.45) is 6.97. The lowest BCUT2D eigenvalue weighted by Gasteiger charge is -2.28. The summed E-state index contributed by atoms with van der Waals surface area (Å²) in [5.74, 6) is 0.863. The van der Waals surface area contributed by atoms with Gasteiger partial charge in [0.15, 0.2) is 5.65 Å². The summed E-state index contributed by atoms with van der Waals surface area (Å²) in [5.41, 5.74) is 2.53. The Hall–Kier alpha value is -3.76. The minimum Gasteiger partial charge on any atom is -0.464 e. The molecule has 1 saturated heterocycles. The van der Waals surface area contributed by atoms with E-state index < -0.39 is 0 Å². The fraction of sp³-hybridized carbons (Fsp3) is 0.280. The second kappa shape index (κ2) is 9.12. The van der Waals surface area contributed by atoms with Gasteiger partial charge in [-0.25, -0.2) is 4.98 Å². The number of pyridine rings is 1. The molecule has 1 amide bonds. The van der Waals surface area contributed by atoms with E-state index in [1.54, 1.807) is 18.5 Å². The normalized spacial score (nSPS) is 16.1. The Bertz CT molecular complexity index is 1440. The van der Waals surface area contributed by atoms with Crippen molar-refractivity contribution in [1.29, 1.82) is 0 Å². The van der Waals surface area contributed by atoms with Crippen LogP contribution in [-0.2, 0) is 6.54 Å². The van der Waals surface area contributed by atoms with Crippen LogP contribution in [0.4, 0.5) is 0 Å². The third-order valence-corrected chi connectivity index (χ3v) is 7.11. The van der Waals surface area contributed by atoms with Gasteiger partial charge in [-0.3, -0.25) is 9.69 Å². The first-order valence-electron chi connectivity index (χ1n) is 11.4. The smallest absolute Gasteiger partial charge is 0.292 e. The molecule has 1 fully saturated rings. The SMILES string of the molecule is CN(Cc1coc2cc(Oc3nc4ncccc4s3)ccc12)CC1CCCN1C(=O)c1ccno1. The first kappa shape index (κ1) is 21.8. The highest BCUT2D eigenvalue weighted by atomic mass is 32.1. The van der Waals surface area contributed by atoms with Crippen LogP contribution < -0.4 is 4.74 Å². The van der Waals surface area contributed by atoms with Gasteiger partial charge in [0.05, 0.1) is 17.2 Å². The highest BCUT2D eigenvalue weighted by molar-refractivity contribution is 7.20. The summed E-state index contributed by atoms with van der Waals surface area (Å²) in [6.45, 7) is 2.21. The molecule has 1 aliphatic rings. The lowest BCUT2D eigenvalue weighted by molar-refractivity contribution is 0.0665. The molecule has 10 heteroatoms. The Morgan fingerprint density at radius 1 is 1.29 bits per heavy atom. The van der Waals surface area contributed by atoms with E-state index >= 15 is 0 Å². The Morgan fingerprint density at radius 3 is 3.09 bits per heavy atom. The molecular weight excluding hydrogens is 466 g/mol. The molecule has 178 valence electrons. The van der Waals surface area contributed by atoms with Gasteiger partial charge in [-0.2, -0.15) is 4.98 Å². The number of amides is 1. The van der Waals surface area contributed by atoms with E-state index in [0.29, 0.717) is 28.9 Å². The maximum Gasteiger partial charge on any atom is 0.292 e. The van der Waals surface area contributed by atoms with E-state index in [-0.39, 0.29) is 11.9 Å². The number of likely N-dealkylation sites (tertiary alicyclic amines) is 1. The maximum atomic E-state index is 12.7. The fourth-order valence-corrected chi connectivity index (χ4v) is 5.41. The summed E-state index contributed by atoms with van der Waals surface area (Å²) in [4.78, 5) is 25.5. The molecule has 5 heterocycles. The molecule has 1 atom stereocenters. The summed E-state index contributed by atoms with van der Waals surface area (Å²) >= 11 is 1.46. The van der Waals surface area contributed by atoms with Crippen molar-refractivity contribution in [3.8, 4) is 10.9 Å². The predicted molar refractivity (Wildman–Crippen MR) is 131 cm³/mol. The van der Waals surface area contributed by atoms with Gasteiger partial charge >= 0.3 is 0 Å². The highest BCUT2D eigenvalue weighted by Gasteiger charge is 2.31. The number of aromatic nitrogens is 3. The zero-order valence-electron chi connectivity index (χ0n) is 19.1. The van der Waals surface area contributed by atoms with Gasteiger partial charge < -0.3 is 18.6 Å². The average molecular weight is 490 g/mol. The van der Waals surface area contributed by atoms with E-state index in [1.165, 1.54) is 17.5 Å². The van der Waals surface area contributed by atoms with E-state index in [9.17, 15) is 4.79 Å². The number of carbonyl (C=O) groups excluding carboxylic acids is 1. The number of fused-ring (bicyclic) bond motifs is 2. The third kappa shape index (κ3) is 4.38. The van der Waals surface area contributed by atoms with Crippen LogP contribution in [0.25, 0.3) is 21.3 Å². The van der Waals surface area contributed by atoms with Crippen LogP contribution in [0.1, 0.15) is 29.0 Å². The number of carbonyl (C=O) groups is 1. The number of furan rings is 1. The van der Waals surface area contributed by atoms with Crippen LogP contribution in [0.3, 0.4) is 0 Å². The average Bonchev–Trinajstić information content (AvgIpc) is 3.65. The molecular formula is C25H23N5O4S. The molecule has 1 aromatic carbocycles. The van der Waals surface area contributed by atoms with Crippen LogP contribution in [-0.4, -0.2) is 57.0 Å². The molecule has 5 aromatic rings. The maximum absolute atomic E-state index is 12.7. The van der Waals surface area contributed by atoms with E-state index in [2.05, 4.69) is 27.1 Å². The van der Waals surface area contributed by atoms with E-state index in [0.717, 1.165) is 47.2 Å². The van der Waals surface area contributed by atoms with Gasteiger partial charge in [-0.1, -0.05) is 16.5 Å². The number of thiazole rings is 1. The van der Waals surface area contributed by atoms with Crippen molar-refractivity contribution in [2.75, 3.05) is 20.1 Å². The lowest BCUT2D eigenvalue weighted by atomic mass is 10.1. The summed E-state index contributed by atoms with van der Waals surface area (Å²) in [5, 5.41) is 5.25. The van der Waals surface area contributed by atoms with Crippen LogP contribution in [0.2, 0.25) is 0 Å². The van der Waals surface area contributed by atoms with Crippen LogP contribution in [0.15, 0.2) is 64.0 Å². The van der Waals surface area contributed by atoms with Crippen LogP contribution >= 0.6 is 11.3 Å². The van der Waals surface area contributed by atoms with Gasteiger partial charge in [-0.05, 0) is 44.2 Å². The number of likely N-dealkylation sites (N-methyl/N-ethyl adjacent to an activating group) is 1.